The molecule has 0 atom stereocenters. The second kappa shape index (κ2) is 7.11. The van der Waals surface area contributed by atoms with E-state index in [9.17, 15) is 4.79 Å². The lowest BCUT2D eigenvalue weighted by Crippen LogP contribution is -2.42. The first-order valence-corrected chi connectivity index (χ1v) is 6.78. The van der Waals surface area contributed by atoms with Crippen LogP contribution in [0.3, 0.4) is 0 Å². The van der Waals surface area contributed by atoms with Crippen molar-refractivity contribution in [2.45, 2.75) is 25.8 Å². The largest absolute Gasteiger partial charge is 0.339 e. The molecule has 0 bridgehead atoms. The lowest BCUT2D eigenvalue weighted by Gasteiger charge is -2.29. The number of carbonyl (C=O) groups is 1. The van der Waals surface area contributed by atoms with Crippen molar-refractivity contribution in [2.75, 3.05) is 13.1 Å². The second-order valence-corrected chi connectivity index (χ2v) is 5.27. The van der Waals surface area contributed by atoms with Gasteiger partial charge in [-0.1, -0.05) is 11.6 Å². The molecule has 20 heavy (non-hydrogen) atoms. The highest BCUT2D eigenvalue weighted by Crippen LogP contribution is 2.20. The predicted molar refractivity (Wildman–Crippen MR) is 83.0 cm³/mol. The third-order valence-corrected chi connectivity index (χ3v) is 3.89. The predicted octanol–water partition coefficient (Wildman–Crippen LogP) is 1.77. The number of aryl methyl sites for hydroxylation is 2. The minimum Gasteiger partial charge on any atom is -0.339 e. The van der Waals surface area contributed by atoms with Crippen molar-refractivity contribution >= 4 is 36.0 Å². The molecule has 0 spiro atoms. The molecule has 1 aliphatic heterocycles. The van der Waals surface area contributed by atoms with Crippen LogP contribution in [0.5, 0.6) is 0 Å². The maximum absolute atomic E-state index is 12.0. The van der Waals surface area contributed by atoms with Gasteiger partial charge in [0.05, 0.1) is 5.69 Å². The fourth-order valence-corrected chi connectivity index (χ4v) is 2.45. The molecule has 1 saturated heterocycles. The van der Waals surface area contributed by atoms with Crippen molar-refractivity contribution in [1.82, 2.24) is 14.7 Å². The lowest BCUT2D eigenvalue weighted by atomic mass is 10.1. The molecule has 1 aromatic heterocycles. The highest BCUT2D eigenvalue weighted by Gasteiger charge is 2.19. The summed E-state index contributed by atoms with van der Waals surface area (Å²) in [6, 6.07) is 0.225. The summed E-state index contributed by atoms with van der Waals surface area (Å²) in [5.41, 5.74) is 7.43. The topological polar surface area (TPSA) is 64.2 Å². The van der Waals surface area contributed by atoms with Crippen LogP contribution in [0, 0.1) is 6.92 Å². The van der Waals surface area contributed by atoms with Crippen LogP contribution < -0.4 is 5.73 Å². The summed E-state index contributed by atoms with van der Waals surface area (Å²) in [6.07, 6.45) is 5.03. The minimum atomic E-state index is 0. The molecule has 2 heterocycles. The summed E-state index contributed by atoms with van der Waals surface area (Å²) < 4.78 is 1.60. The fourth-order valence-electron chi connectivity index (χ4n) is 2.22. The van der Waals surface area contributed by atoms with E-state index >= 15 is 0 Å². The molecular weight excluding hydrogens is 299 g/mol. The summed E-state index contributed by atoms with van der Waals surface area (Å²) in [6.45, 7) is 3.32. The zero-order chi connectivity index (χ0) is 14.0. The van der Waals surface area contributed by atoms with E-state index in [2.05, 4.69) is 5.10 Å². The molecule has 0 aliphatic carbocycles. The molecule has 5 nitrogen and oxygen atoms in total. The Morgan fingerprint density at radius 3 is 2.55 bits per heavy atom. The van der Waals surface area contributed by atoms with Gasteiger partial charge >= 0.3 is 0 Å². The van der Waals surface area contributed by atoms with E-state index in [1.54, 1.807) is 23.9 Å². The molecular formula is C13H20Cl2N4O. The molecule has 1 aromatic rings. The number of hydrogen-bond donors (Lipinski definition) is 1. The van der Waals surface area contributed by atoms with Crippen molar-refractivity contribution < 1.29 is 4.79 Å². The normalized spacial score (nSPS) is 16.5. The summed E-state index contributed by atoms with van der Waals surface area (Å²) in [5, 5.41) is 4.75. The van der Waals surface area contributed by atoms with E-state index in [0.717, 1.165) is 37.2 Å². The average Bonchev–Trinajstić information content (AvgIpc) is 2.62. The Labute approximate surface area is 130 Å². The standard InChI is InChI=1S/C13H19ClN4O.ClH/c1-9-11(13(14)17(2)16-9)3-4-12(19)18-7-5-10(15)6-8-18;/h3-4,10H,5-8,15H2,1-2H3;1H. The number of likely N-dealkylation sites (tertiary alicyclic amines) is 1. The van der Waals surface area contributed by atoms with Crippen LogP contribution in [0.25, 0.3) is 6.08 Å². The highest BCUT2D eigenvalue weighted by atomic mass is 35.5. The summed E-state index contributed by atoms with van der Waals surface area (Å²) in [4.78, 5) is 13.9. The van der Waals surface area contributed by atoms with Gasteiger partial charge in [-0.25, -0.2) is 0 Å². The van der Waals surface area contributed by atoms with E-state index in [-0.39, 0.29) is 24.4 Å². The molecule has 1 aliphatic rings. The number of rotatable bonds is 2. The average molecular weight is 319 g/mol. The van der Waals surface area contributed by atoms with Crippen molar-refractivity contribution in [2.24, 2.45) is 12.8 Å². The molecule has 2 N–H and O–H groups in total. The Morgan fingerprint density at radius 1 is 1.45 bits per heavy atom. The SMILES string of the molecule is Cc1nn(C)c(Cl)c1C=CC(=O)N1CCC(N)CC1.Cl. The van der Waals surface area contributed by atoms with Crippen molar-refractivity contribution in [3.05, 3.63) is 22.5 Å². The quantitative estimate of drug-likeness (QED) is 0.845. The van der Waals surface area contributed by atoms with Gasteiger partial charge in [-0.3, -0.25) is 9.48 Å². The monoisotopic (exact) mass is 318 g/mol. The zero-order valence-electron chi connectivity index (χ0n) is 11.7. The Morgan fingerprint density at radius 2 is 2.05 bits per heavy atom. The summed E-state index contributed by atoms with van der Waals surface area (Å²) >= 11 is 6.11. The Kier molecular flexibility index (Phi) is 6.05. The number of carbonyl (C=O) groups excluding carboxylic acids is 1. The van der Waals surface area contributed by atoms with E-state index in [0.29, 0.717) is 5.15 Å². The maximum Gasteiger partial charge on any atom is 0.246 e. The first kappa shape index (κ1) is 17.0. The number of aromatic nitrogens is 2. The molecule has 112 valence electrons. The van der Waals surface area contributed by atoms with Gasteiger partial charge in [-0.15, -0.1) is 12.4 Å². The van der Waals surface area contributed by atoms with Gasteiger partial charge in [-0.05, 0) is 25.8 Å². The van der Waals surface area contributed by atoms with Gasteiger partial charge in [0, 0.05) is 37.8 Å². The number of halogens is 2. The number of nitrogens with zero attached hydrogens (tertiary/aromatic N) is 3. The molecule has 1 fully saturated rings. The van der Waals surface area contributed by atoms with Crippen molar-refractivity contribution in [1.29, 1.82) is 0 Å². The van der Waals surface area contributed by atoms with Crippen LogP contribution in [0.1, 0.15) is 24.1 Å². The molecule has 0 unspecified atom stereocenters. The van der Waals surface area contributed by atoms with Gasteiger partial charge < -0.3 is 10.6 Å². The maximum atomic E-state index is 12.0. The lowest BCUT2D eigenvalue weighted by molar-refractivity contribution is -0.126. The number of amides is 1. The third-order valence-electron chi connectivity index (χ3n) is 3.44. The van der Waals surface area contributed by atoms with E-state index in [4.69, 9.17) is 17.3 Å². The molecule has 0 radical (unpaired) electrons. The molecule has 0 saturated carbocycles. The second-order valence-electron chi connectivity index (χ2n) is 4.91. The van der Waals surface area contributed by atoms with Gasteiger partial charge in [0.2, 0.25) is 5.91 Å². The third kappa shape index (κ3) is 3.75. The summed E-state index contributed by atoms with van der Waals surface area (Å²) in [7, 11) is 1.78. The van der Waals surface area contributed by atoms with Crippen LogP contribution in [0.15, 0.2) is 6.08 Å². The van der Waals surface area contributed by atoms with Crippen molar-refractivity contribution in [3.8, 4) is 0 Å². The fraction of sp³-hybridized carbons (Fsp3) is 0.538. The first-order valence-electron chi connectivity index (χ1n) is 6.40. The Hall–Kier alpha value is -1.04. The number of hydrogen-bond acceptors (Lipinski definition) is 3. The van der Waals surface area contributed by atoms with E-state index in [1.165, 1.54) is 0 Å². The minimum absolute atomic E-state index is 0. The van der Waals surface area contributed by atoms with Crippen LogP contribution in [0.4, 0.5) is 0 Å². The number of piperidine rings is 1. The Balaban J connectivity index is 0.00000200. The van der Waals surface area contributed by atoms with Gasteiger partial charge in [0.1, 0.15) is 5.15 Å². The van der Waals surface area contributed by atoms with Crippen LogP contribution in [-0.2, 0) is 11.8 Å². The van der Waals surface area contributed by atoms with E-state index < -0.39 is 0 Å². The molecule has 1 amide bonds. The van der Waals surface area contributed by atoms with Crippen LogP contribution in [-0.4, -0.2) is 39.7 Å². The van der Waals surface area contributed by atoms with Crippen LogP contribution >= 0.6 is 24.0 Å². The molecule has 7 heteroatoms. The first-order chi connectivity index (χ1) is 8.99. The highest BCUT2D eigenvalue weighted by molar-refractivity contribution is 6.31. The van der Waals surface area contributed by atoms with Gasteiger partial charge in [-0.2, -0.15) is 5.10 Å². The number of nitrogens with two attached hydrogens (primary N) is 1. The van der Waals surface area contributed by atoms with Crippen LogP contribution in [0.2, 0.25) is 5.15 Å². The zero-order valence-corrected chi connectivity index (χ0v) is 13.2. The van der Waals surface area contributed by atoms with Gasteiger partial charge in [0.15, 0.2) is 0 Å². The van der Waals surface area contributed by atoms with E-state index in [1.807, 2.05) is 11.8 Å². The summed E-state index contributed by atoms with van der Waals surface area (Å²) in [5.74, 6) is 0.00576. The Bertz CT molecular complexity index is 505. The smallest absolute Gasteiger partial charge is 0.246 e. The molecule has 0 aromatic carbocycles. The van der Waals surface area contributed by atoms with Gasteiger partial charge in [0.25, 0.3) is 0 Å². The van der Waals surface area contributed by atoms with Crippen molar-refractivity contribution in [3.63, 3.8) is 0 Å². The molecule has 2 rings (SSSR count).